The van der Waals surface area contributed by atoms with Crippen LogP contribution in [-0.4, -0.2) is 47.0 Å². The molecular weight excluding hydrogens is 490 g/mol. The molecule has 0 radical (unpaired) electrons. The molecule has 0 aliphatic heterocycles. The Morgan fingerprint density at radius 3 is 2.15 bits per heavy atom. The smallest absolute Gasteiger partial charge is 0.408 e. The first-order chi connectivity index (χ1) is 18.5. The van der Waals surface area contributed by atoms with E-state index in [1.807, 2.05) is 44.2 Å². The zero-order valence-corrected chi connectivity index (χ0v) is 24.1. The van der Waals surface area contributed by atoms with Gasteiger partial charge in [-0.2, -0.15) is 0 Å². The molecule has 0 bridgehead atoms. The van der Waals surface area contributed by atoms with E-state index in [-0.39, 0.29) is 24.3 Å². The first-order valence-corrected chi connectivity index (χ1v) is 13.7. The van der Waals surface area contributed by atoms with E-state index in [9.17, 15) is 14.4 Å². The van der Waals surface area contributed by atoms with Gasteiger partial charge in [-0.15, -0.1) is 6.42 Å². The maximum absolute atomic E-state index is 14.2. The summed E-state index contributed by atoms with van der Waals surface area (Å²) in [7, 11) is 0. The minimum absolute atomic E-state index is 0.0615. The summed E-state index contributed by atoms with van der Waals surface area (Å²) in [6.45, 7) is 11.6. The third-order valence-electron chi connectivity index (χ3n) is 6.08. The quantitative estimate of drug-likeness (QED) is 0.358. The van der Waals surface area contributed by atoms with Crippen molar-refractivity contribution in [1.29, 1.82) is 0 Å². The fourth-order valence-corrected chi connectivity index (χ4v) is 4.37. The molecule has 7 heteroatoms. The van der Waals surface area contributed by atoms with Gasteiger partial charge in [0.1, 0.15) is 17.7 Å². The number of carbonyl (C=O) groups is 3. The fourth-order valence-electron chi connectivity index (χ4n) is 4.37. The number of terminal acetylenes is 1. The van der Waals surface area contributed by atoms with Crippen molar-refractivity contribution in [1.82, 2.24) is 15.5 Å². The van der Waals surface area contributed by atoms with Crippen LogP contribution in [0.15, 0.2) is 54.6 Å². The molecule has 2 N–H and O–H groups in total. The Balaban J connectivity index is 2.52. The highest BCUT2D eigenvalue weighted by atomic mass is 16.6. The monoisotopic (exact) mass is 533 g/mol. The molecule has 2 rings (SSSR count). The molecule has 2 aromatic carbocycles. The lowest BCUT2D eigenvalue weighted by atomic mass is 9.99. The summed E-state index contributed by atoms with van der Waals surface area (Å²) in [5.41, 5.74) is 1.47. The number of nitrogens with one attached hydrogen (secondary N) is 2. The predicted octanol–water partition coefficient (Wildman–Crippen LogP) is 5.39. The Kier molecular flexibility index (Phi) is 12.1. The summed E-state index contributed by atoms with van der Waals surface area (Å²) in [6, 6.07) is 14.6. The minimum Gasteiger partial charge on any atom is -0.444 e. The Morgan fingerprint density at radius 2 is 1.62 bits per heavy atom. The third kappa shape index (κ3) is 10.1. The van der Waals surface area contributed by atoms with E-state index in [0.29, 0.717) is 24.1 Å². The molecule has 0 saturated carbocycles. The van der Waals surface area contributed by atoms with Gasteiger partial charge in [0, 0.05) is 24.6 Å². The van der Waals surface area contributed by atoms with Gasteiger partial charge in [0.05, 0.1) is 0 Å². The van der Waals surface area contributed by atoms with Crippen LogP contribution in [0.4, 0.5) is 4.79 Å². The molecule has 210 valence electrons. The van der Waals surface area contributed by atoms with Gasteiger partial charge in [-0.1, -0.05) is 68.7 Å². The number of hydrogen-bond donors (Lipinski definition) is 2. The van der Waals surface area contributed by atoms with Crippen molar-refractivity contribution >= 4 is 17.9 Å². The van der Waals surface area contributed by atoms with Gasteiger partial charge >= 0.3 is 6.09 Å². The number of ether oxygens (including phenoxy) is 1. The van der Waals surface area contributed by atoms with E-state index >= 15 is 0 Å². The molecular formula is C32H43N3O4. The molecule has 39 heavy (non-hydrogen) atoms. The Morgan fingerprint density at radius 1 is 0.974 bits per heavy atom. The van der Waals surface area contributed by atoms with Crippen LogP contribution in [0.1, 0.15) is 83.5 Å². The number of carbonyl (C=O) groups excluding carboxylic acids is 3. The van der Waals surface area contributed by atoms with Crippen molar-refractivity contribution in [3.05, 3.63) is 71.3 Å². The molecule has 0 aliphatic carbocycles. The van der Waals surface area contributed by atoms with Crippen LogP contribution in [0.25, 0.3) is 0 Å². The number of hydrogen-bond acceptors (Lipinski definition) is 4. The Bertz CT molecular complexity index is 1120. The van der Waals surface area contributed by atoms with Crippen LogP contribution in [0, 0.1) is 12.3 Å². The number of amides is 3. The minimum atomic E-state index is -0.942. The van der Waals surface area contributed by atoms with Crippen molar-refractivity contribution < 1.29 is 19.1 Å². The first-order valence-electron chi connectivity index (χ1n) is 13.7. The van der Waals surface area contributed by atoms with E-state index < -0.39 is 23.8 Å². The van der Waals surface area contributed by atoms with Crippen LogP contribution < -0.4 is 10.6 Å². The van der Waals surface area contributed by atoms with Crippen molar-refractivity contribution in [2.24, 2.45) is 0 Å². The van der Waals surface area contributed by atoms with Gasteiger partial charge in [0.25, 0.3) is 0 Å². The second-order valence-electron chi connectivity index (χ2n) is 10.8. The molecule has 3 atom stereocenters. The SMILES string of the molecule is C#Cc1ccc(C(C(=O)NC(C)CCC)N(CCC)C(=O)C(Cc2ccccc2)NC(=O)OC(C)(C)C)cc1. The number of nitrogens with zero attached hydrogens (tertiary/aromatic N) is 1. The number of benzene rings is 2. The molecule has 2 aromatic rings. The number of alkyl carbamates (subject to hydrolysis) is 1. The summed E-state index contributed by atoms with van der Waals surface area (Å²) in [4.78, 5) is 42.3. The summed E-state index contributed by atoms with van der Waals surface area (Å²) in [5.74, 6) is 1.95. The van der Waals surface area contributed by atoms with Crippen molar-refractivity contribution in [3.63, 3.8) is 0 Å². The average Bonchev–Trinajstić information content (AvgIpc) is 2.87. The summed E-state index contributed by atoms with van der Waals surface area (Å²) < 4.78 is 5.47. The highest BCUT2D eigenvalue weighted by Gasteiger charge is 2.36. The number of rotatable bonds is 12. The van der Waals surface area contributed by atoms with Crippen LogP contribution in [0.2, 0.25) is 0 Å². The average molecular weight is 534 g/mol. The molecule has 7 nitrogen and oxygen atoms in total. The van der Waals surface area contributed by atoms with E-state index in [1.54, 1.807) is 49.9 Å². The maximum Gasteiger partial charge on any atom is 0.408 e. The first kappa shape index (κ1) is 31.4. The van der Waals surface area contributed by atoms with Crippen molar-refractivity contribution in [2.75, 3.05) is 6.54 Å². The van der Waals surface area contributed by atoms with Gasteiger partial charge < -0.3 is 20.3 Å². The Hall–Kier alpha value is -3.79. The Labute approximate surface area is 233 Å². The van der Waals surface area contributed by atoms with Gasteiger partial charge in [-0.05, 0) is 63.8 Å². The predicted molar refractivity (Wildman–Crippen MR) is 155 cm³/mol. The molecule has 0 heterocycles. The molecule has 0 aliphatic rings. The molecule has 0 fully saturated rings. The van der Waals surface area contributed by atoms with Crippen LogP contribution in [-0.2, 0) is 20.7 Å². The topological polar surface area (TPSA) is 87.7 Å². The van der Waals surface area contributed by atoms with Gasteiger partial charge in [0.2, 0.25) is 11.8 Å². The molecule has 0 spiro atoms. The maximum atomic E-state index is 14.2. The second kappa shape index (κ2) is 15.0. The highest BCUT2D eigenvalue weighted by Crippen LogP contribution is 2.25. The lowest BCUT2D eigenvalue weighted by Gasteiger charge is -2.35. The molecule has 3 unspecified atom stereocenters. The lowest BCUT2D eigenvalue weighted by molar-refractivity contribution is -0.142. The molecule has 0 aromatic heterocycles. The van der Waals surface area contributed by atoms with E-state index in [4.69, 9.17) is 11.2 Å². The molecule has 0 saturated heterocycles. The van der Waals surface area contributed by atoms with Crippen LogP contribution in [0.3, 0.4) is 0 Å². The fraction of sp³-hybridized carbons (Fsp3) is 0.469. The van der Waals surface area contributed by atoms with Crippen LogP contribution >= 0.6 is 0 Å². The van der Waals surface area contributed by atoms with Crippen molar-refractivity contribution in [2.45, 2.75) is 91.0 Å². The summed E-state index contributed by atoms with van der Waals surface area (Å²) in [6.07, 6.45) is 7.45. The van der Waals surface area contributed by atoms with Crippen molar-refractivity contribution in [3.8, 4) is 12.3 Å². The zero-order chi connectivity index (χ0) is 29.0. The zero-order valence-electron chi connectivity index (χ0n) is 24.1. The highest BCUT2D eigenvalue weighted by molar-refractivity contribution is 5.92. The van der Waals surface area contributed by atoms with E-state index in [0.717, 1.165) is 18.4 Å². The largest absolute Gasteiger partial charge is 0.444 e. The van der Waals surface area contributed by atoms with Crippen LogP contribution in [0.5, 0.6) is 0 Å². The summed E-state index contributed by atoms with van der Waals surface area (Å²) in [5, 5.41) is 5.85. The lowest BCUT2D eigenvalue weighted by Crippen LogP contribution is -2.54. The normalized spacial score (nSPS) is 13.4. The van der Waals surface area contributed by atoms with E-state index in [1.165, 1.54) is 0 Å². The van der Waals surface area contributed by atoms with E-state index in [2.05, 4.69) is 23.5 Å². The van der Waals surface area contributed by atoms with Gasteiger partial charge in [-0.25, -0.2) is 4.79 Å². The summed E-state index contributed by atoms with van der Waals surface area (Å²) >= 11 is 0. The van der Waals surface area contributed by atoms with Gasteiger partial charge in [0.15, 0.2) is 0 Å². The third-order valence-corrected chi connectivity index (χ3v) is 6.08. The second-order valence-corrected chi connectivity index (χ2v) is 10.8. The molecule has 3 amide bonds. The van der Waals surface area contributed by atoms with Gasteiger partial charge in [-0.3, -0.25) is 9.59 Å². The standard InChI is InChI=1S/C32H43N3O4/c1-8-14-23(4)33-29(36)28(26-19-17-24(10-3)18-20-26)35(21-9-2)30(37)27(22-25-15-12-11-13-16-25)34-31(38)39-32(5,6)7/h3,11-13,15-20,23,27-28H,8-9,14,21-22H2,1-2,4-7H3,(H,33,36)(H,34,38).